The van der Waals surface area contributed by atoms with Gasteiger partial charge in [0.1, 0.15) is 17.2 Å². The van der Waals surface area contributed by atoms with Gasteiger partial charge in [0.15, 0.2) is 0 Å². The molecule has 1 fully saturated rings. The predicted molar refractivity (Wildman–Crippen MR) is 137 cm³/mol. The van der Waals surface area contributed by atoms with Gasteiger partial charge in [0.05, 0.1) is 41.5 Å². The molecule has 9 heteroatoms. The lowest BCUT2D eigenvalue weighted by Crippen LogP contribution is -2.36. The van der Waals surface area contributed by atoms with Gasteiger partial charge in [-0.1, -0.05) is 18.2 Å². The fraction of sp³-hybridized carbons (Fsp3) is 0.231. The Hall–Kier alpha value is -4.24. The Bertz CT molecular complexity index is 1560. The Labute approximate surface area is 201 Å². The van der Waals surface area contributed by atoms with E-state index in [2.05, 4.69) is 42.3 Å². The molecule has 0 saturated carbocycles. The summed E-state index contributed by atoms with van der Waals surface area (Å²) < 4.78 is 5.48. The van der Waals surface area contributed by atoms with Crippen molar-refractivity contribution in [1.29, 1.82) is 0 Å². The zero-order chi connectivity index (χ0) is 23.8. The molecule has 0 amide bonds. The summed E-state index contributed by atoms with van der Waals surface area (Å²) in [5.41, 5.74) is 4.45. The number of fused-ring (bicyclic) bond motifs is 2. The van der Waals surface area contributed by atoms with E-state index in [1.807, 2.05) is 37.3 Å². The van der Waals surface area contributed by atoms with Crippen LogP contribution >= 0.6 is 0 Å². The lowest BCUT2D eigenvalue weighted by Gasteiger charge is -2.28. The normalized spacial score (nSPS) is 14.9. The predicted octanol–water partition coefficient (Wildman–Crippen LogP) is 3.87. The minimum atomic E-state index is -0.225. The quantitative estimate of drug-likeness (QED) is 0.360. The van der Waals surface area contributed by atoms with Gasteiger partial charge < -0.3 is 24.9 Å². The number of aromatic nitrogens is 5. The first-order valence-electron chi connectivity index (χ1n) is 11.7. The zero-order valence-electron chi connectivity index (χ0n) is 19.3. The monoisotopic (exact) mass is 467 g/mol. The molecule has 1 saturated heterocycles. The fourth-order valence-electron chi connectivity index (χ4n) is 4.57. The molecule has 5 aromatic rings. The van der Waals surface area contributed by atoms with Crippen molar-refractivity contribution in [2.75, 3.05) is 36.5 Å². The molecule has 1 unspecified atom stereocenters. The first-order chi connectivity index (χ1) is 17.2. The van der Waals surface area contributed by atoms with Crippen LogP contribution in [0.15, 0.2) is 65.7 Å². The molecule has 2 aromatic carbocycles. The fourth-order valence-corrected chi connectivity index (χ4v) is 4.57. The third kappa shape index (κ3) is 4.00. The highest BCUT2D eigenvalue weighted by molar-refractivity contribution is 5.99. The number of morpholine rings is 1. The Morgan fingerprint density at radius 2 is 1.80 bits per heavy atom. The Morgan fingerprint density at radius 1 is 1.00 bits per heavy atom. The molecule has 1 aliphatic heterocycles. The standard InChI is InChI=1S/C26H25N7O2/c1-16(24-27-9-4-10-28-24)29-23-18-5-2-3-6-19(18)32-26(34)22(23)25-30-20-8-7-17(15-21(20)31-25)33-11-13-35-14-12-33/h2-10,15-16H,11-14H2,1H3,(H,30,31)(H2,29,32,34). The first-order valence-corrected chi connectivity index (χ1v) is 11.7. The molecular formula is C26H25N7O2. The second-order valence-corrected chi connectivity index (χ2v) is 8.61. The van der Waals surface area contributed by atoms with Crippen molar-refractivity contribution in [2.45, 2.75) is 13.0 Å². The van der Waals surface area contributed by atoms with E-state index in [1.165, 1.54) is 0 Å². The molecule has 35 heavy (non-hydrogen) atoms. The summed E-state index contributed by atoms with van der Waals surface area (Å²) in [7, 11) is 0. The van der Waals surface area contributed by atoms with E-state index in [-0.39, 0.29) is 11.6 Å². The molecule has 9 nitrogen and oxygen atoms in total. The zero-order valence-corrected chi connectivity index (χ0v) is 19.3. The van der Waals surface area contributed by atoms with Gasteiger partial charge in [0.2, 0.25) is 0 Å². The molecule has 0 bridgehead atoms. The third-order valence-corrected chi connectivity index (χ3v) is 6.33. The van der Waals surface area contributed by atoms with E-state index in [0.29, 0.717) is 22.9 Å². The number of nitrogens with zero attached hydrogens (tertiary/aromatic N) is 4. The van der Waals surface area contributed by atoms with Crippen LogP contribution in [-0.4, -0.2) is 51.2 Å². The molecule has 1 aliphatic rings. The molecule has 3 N–H and O–H groups in total. The van der Waals surface area contributed by atoms with E-state index in [1.54, 1.807) is 18.5 Å². The van der Waals surface area contributed by atoms with E-state index < -0.39 is 0 Å². The number of para-hydroxylation sites is 1. The number of aromatic amines is 2. The van der Waals surface area contributed by atoms with Crippen LogP contribution < -0.4 is 15.8 Å². The summed E-state index contributed by atoms with van der Waals surface area (Å²) in [6.45, 7) is 5.12. The van der Waals surface area contributed by atoms with Crippen LogP contribution in [0.4, 0.5) is 11.4 Å². The van der Waals surface area contributed by atoms with Crippen molar-refractivity contribution < 1.29 is 4.74 Å². The maximum absolute atomic E-state index is 13.4. The lowest BCUT2D eigenvalue weighted by molar-refractivity contribution is 0.122. The second kappa shape index (κ2) is 8.84. The minimum Gasteiger partial charge on any atom is -0.378 e. The molecule has 1 atom stereocenters. The van der Waals surface area contributed by atoms with Gasteiger partial charge >= 0.3 is 0 Å². The average molecular weight is 468 g/mol. The number of hydrogen-bond acceptors (Lipinski definition) is 7. The van der Waals surface area contributed by atoms with Crippen molar-refractivity contribution in [3.63, 3.8) is 0 Å². The topological polar surface area (TPSA) is 112 Å². The van der Waals surface area contributed by atoms with Crippen molar-refractivity contribution in [3.05, 3.63) is 77.1 Å². The number of pyridine rings is 1. The maximum atomic E-state index is 13.4. The van der Waals surface area contributed by atoms with E-state index in [9.17, 15) is 4.79 Å². The SMILES string of the molecule is CC(Nc1c(-c2nc3ccc(N4CCOCC4)cc3[nH]2)c(=O)[nH]c2ccccc12)c1ncccn1. The highest BCUT2D eigenvalue weighted by Gasteiger charge is 2.21. The van der Waals surface area contributed by atoms with Crippen LogP contribution in [0.3, 0.4) is 0 Å². The van der Waals surface area contributed by atoms with Gasteiger partial charge in [-0.15, -0.1) is 0 Å². The van der Waals surface area contributed by atoms with E-state index >= 15 is 0 Å². The molecular weight excluding hydrogens is 442 g/mol. The van der Waals surface area contributed by atoms with Crippen LogP contribution in [0, 0.1) is 0 Å². The van der Waals surface area contributed by atoms with Crippen molar-refractivity contribution in [2.24, 2.45) is 0 Å². The van der Waals surface area contributed by atoms with Gasteiger partial charge in [0.25, 0.3) is 5.56 Å². The number of imidazole rings is 1. The third-order valence-electron chi connectivity index (χ3n) is 6.33. The highest BCUT2D eigenvalue weighted by Crippen LogP contribution is 2.33. The summed E-state index contributed by atoms with van der Waals surface area (Å²) in [4.78, 5) is 35.6. The van der Waals surface area contributed by atoms with Gasteiger partial charge in [-0.05, 0) is 37.3 Å². The molecule has 3 aromatic heterocycles. The number of nitrogens with one attached hydrogen (secondary N) is 3. The summed E-state index contributed by atoms with van der Waals surface area (Å²) in [6.07, 6.45) is 3.42. The molecule has 0 aliphatic carbocycles. The van der Waals surface area contributed by atoms with Gasteiger partial charge in [-0.3, -0.25) is 4.79 Å². The first kappa shape index (κ1) is 21.3. The number of benzene rings is 2. The summed E-state index contributed by atoms with van der Waals surface area (Å²) in [5.74, 6) is 1.15. The Kier molecular flexibility index (Phi) is 5.38. The van der Waals surface area contributed by atoms with Crippen molar-refractivity contribution in [1.82, 2.24) is 24.9 Å². The lowest BCUT2D eigenvalue weighted by atomic mass is 10.1. The van der Waals surface area contributed by atoms with Crippen LogP contribution in [0.25, 0.3) is 33.3 Å². The Balaban J connectivity index is 1.47. The average Bonchev–Trinajstić information content (AvgIpc) is 3.32. The molecule has 0 radical (unpaired) electrons. The van der Waals surface area contributed by atoms with Crippen molar-refractivity contribution in [3.8, 4) is 11.4 Å². The van der Waals surface area contributed by atoms with E-state index in [4.69, 9.17) is 9.72 Å². The number of rotatable bonds is 5. The molecule has 0 spiro atoms. The van der Waals surface area contributed by atoms with Crippen molar-refractivity contribution >= 4 is 33.3 Å². The maximum Gasteiger partial charge on any atom is 0.261 e. The van der Waals surface area contributed by atoms with Crippen LogP contribution in [0.1, 0.15) is 18.8 Å². The number of H-pyrrole nitrogens is 2. The minimum absolute atomic E-state index is 0.222. The summed E-state index contributed by atoms with van der Waals surface area (Å²) >= 11 is 0. The van der Waals surface area contributed by atoms with E-state index in [0.717, 1.165) is 53.9 Å². The number of hydrogen-bond donors (Lipinski definition) is 3. The number of anilines is 2. The number of ether oxygens (including phenoxy) is 1. The second-order valence-electron chi connectivity index (χ2n) is 8.61. The Morgan fingerprint density at radius 3 is 2.63 bits per heavy atom. The largest absolute Gasteiger partial charge is 0.378 e. The molecule has 4 heterocycles. The highest BCUT2D eigenvalue weighted by atomic mass is 16.5. The molecule has 6 rings (SSSR count). The van der Waals surface area contributed by atoms with Crippen LogP contribution in [0.2, 0.25) is 0 Å². The summed E-state index contributed by atoms with van der Waals surface area (Å²) in [6, 6.07) is 15.4. The van der Waals surface area contributed by atoms with Gasteiger partial charge in [-0.2, -0.15) is 0 Å². The molecule has 176 valence electrons. The summed E-state index contributed by atoms with van der Waals surface area (Å²) in [5, 5.41) is 4.38. The van der Waals surface area contributed by atoms with Gasteiger partial charge in [0, 0.05) is 36.6 Å². The van der Waals surface area contributed by atoms with Crippen LogP contribution in [0.5, 0.6) is 0 Å². The van der Waals surface area contributed by atoms with Crippen LogP contribution in [-0.2, 0) is 4.74 Å². The smallest absolute Gasteiger partial charge is 0.261 e. The van der Waals surface area contributed by atoms with Gasteiger partial charge in [-0.25, -0.2) is 15.0 Å².